The minimum atomic E-state index is -0.272. The van der Waals surface area contributed by atoms with E-state index < -0.39 is 0 Å². The number of amides is 1. The van der Waals surface area contributed by atoms with Crippen molar-refractivity contribution in [3.8, 4) is 5.75 Å². The molecule has 4 nitrogen and oxygen atoms in total. The third kappa shape index (κ3) is 8.32. The van der Waals surface area contributed by atoms with E-state index in [0.717, 1.165) is 84.7 Å². The minimum absolute atomic E-state index is 0.0251. The smallest absolute Gasteiger partial charge is 0.230 e. The minimum Gasteiger partial charge on any atom is -0.496 e. The summed E-state index contributed by atoms with van der Waals surface area (Å²) in [4.78, 5) is 18.3. The van der Waals surface area contributed by atoms with Crippen molar-refractivity contribution in [2.45, 2.75) is 97.0 Å². The maximum atomic E-state index is 14.1. The van der Waals surface area contributed by atoms with Gasteiger partial charge >= 0.3 is 0 Å². The highest BCUT2D eigenvalue weighted by Crippen LogP contribution is 2.40. The quantitative estimate of drug-likeness (QED) is 0.268. The lowest BCUT2D eigenvalue weighted by molar-refractivity contribution is -0.124. The van der Waals surface area contributed by atoms with E-state index in [9.17, 15) is 9.90 Å². The van der Waals surface area contributed by atoms with Crippen LogP contribution in [0.2, 0.25) is 0 Å². The summed E-state index contributed by atoms with van der Waals surface area (Å²) in [5.74, 6) is 2.60. The predicted octanol–water partition coefficient (Wildman–Crippen LogP) is 9.52. The molecule has 1 unspecified atom stereocenters. The molecule has 0 radical (unpaired) electrons. The van der Waals surface area contributed by atoms with Crippen LogP contribution in [-0.2, 0) is 4.79 Å². The fourth-order valence-corrected chi connectivity index (χ4v) is 7.60. The van der Waals surface area contributed by atoms with Crippen molar-refractivity contribution in [3.63, 3.8) is 0 Å². The topological polar surface area (TPSA) is 49.8 Å². The summed E-state index contributed by atoms with van der Waals surface area (Å²) >= 11 is 1.67. The first-order chi connectivity index (χ1) is 20.2. The Morgan fingerprint density at radius 2 is 1.76 bits per heavy atom. The van der Waals surface area contributed by atoms with Crippen LogP contribution in [0.4, 0.5) is 5.69 Å². The second-order valence-electron chi connectivity index (χ2n) is 12.6. The van der Waals surface area contributed by atoms with Crippen LogP contribution in [-0.4, -0.2) is 30.8 Å². The monoisotopic (exact) mass is 589 g/mol. The Labute approximate surface area is 258 Å². The van der Waals surface area contributed by atoms with Crippen LogP contribution in [0, 0.1) is 24.7 Å². The van der Waals surface area contributed by atoms with Crippen LogP contribution >= 0.6 is 11.8 Å². The van der Waals surface area contributed by atoms with E-state index in [2.05, 4.69) is 81.3 Å². The van der Waals surface area contributed by atoms with Gasteiger partial charge in [0.25, 0.3) is 0 Å². The molecule has 0 aliphatic heterocycles. The van der Waals surface area contributed by atoms with Gasteiger partial charge in [-0.15, -0.1) is 0 Å². The van der Waals surface area contributed by atoms with Gasteiger partial charge in [-0.1, -0.05) is 69.5 Å². The van der Waals surface area contributed by atoms with Crippen molar-refractivity contribution in [1.82, 2.24) is 0 Å². The molecule has 0 spiro atoms. The number of carbonyl (C=O) groups is 1. The molecule has 1 N–H and O–H groups in total. The van der Waals surface area contributed by atoms with Gasteiger partial charge in [0.15, 0.2) is 0 Å². The molecular formula is C37H51NO3S. The molecule has 2 aliphatic rings. The normalized spacial score (nSPS) is 23.2. The number of hydrogen-bond acceptors (Lipinski definition) is 4. The van der Waals surface area contributed by atoms with E-state index in [1.807, 2.05) is 0 Å². The van der Waals surface area contributed by atoms with Crippen LogP contribution in [0.3, 0.4) is 0 Å². The number of aliphatic hydroxyl groups is 1. The summed E-state index contributed by atoms with van der Waals surface area (Å²) in [6.45, 7) is 16.0. The molecule has 2 aromatic rings. The highest BCUT2D eigenvalue weighted by Gasteiger charge is 2.32. The Hall–Kier alpha value is -2.50. The first kappa shape index (κ1) is 32.4. The number of ether oxygens (including phenoxy) is 1. The number of thioether (sulfide) groups is 1. The van der Waals surface area contributed by atoms with Gasteiger partial charge in [-0.3, -0.25) is 4.79 Å². The van der Waals surface area contributed by atoms with Crippen molar-refractivity contribution >= 4 is 28.3 Å². The number of anilines is 1. The zero-order valence-electron chi connectivity index (χ0n) is 26.2. The Balaban J connectivity index is 1.49. The molecule has 2 saturated carbocycles. The molecule has 1 amide bonds. The zero-order chi connectivity index (χ0) is 30.2. The number of benzene rings is 2. The molecular weight excluding hydrogens is 538 g/mol. The molecule has 5 heteroatoms. The lowest BCUT2D eigenvalue weighted by Gasteiger charge is -2.36. The fourth-order valence-electron chi connectivity index (χ4n) is 6.72. The fraction of sp³-hybridized carbons (Fsp3) is 0.541. The molecule has 0 bridgehead atoms. The van der Waals surface area contributed by atoms with E-state index in [4.69, 9.17) is 4.74 Å². The second-order valence-corrected chi connectivity index (χ2v) is 13.9. The second kappa shape index (κ2) is 15.3. The first-order valence-electron chi connectivity index (χ1n) is 16.0. The summed E-state index contributed by atoms with van der Waals surface area (Å²) in [5, 5.41) is 10.1. The maximum Gasteiger partial charge on any atom is 0.230 e. The third-order valence-electron chi connectivity index (χ3n) is 9.50. The summed E-state index contributed by atoms with van der Waals surface area (Å²) in [5.41, 5.74) is 4.61. The van der Waals surface area contributed by atoms with Crippen molar-refractivity contribution < 1.29 is 14.6 Å². The average molecular weight is 590 g/mol. The van der Waals surface area contributed by atoms with E-state index in [1.165, 1.54) is 11.1 Å². The van der Waals surface area contributed by atoms with Gasteiger partial charge in [-0.2, -0.15) is 0 Å². The molecule has 42 heavy (non-hydrogen) atoms. The van der Waals surface area contributed by atoms with Crippen LogP contribution in [0.5, 0.6) is 5.75 Å². The van der Waals surface area contributed by atoms with Crippen LogP contribution < -0.4 is 9.64 Å². The molecule has 1 atom stereocenters. The molecule has 4 rings (SSSR count). The Morgan fingerprint density at radius 3 is 2.40 bits per heavy atom. The lowest BCUT2D eigenvalue weighted by Crippen LogP contribution is -2.41. The van der Waals surface area contributed by atoms with E-state index in [1.54, 1.807) is 18.9 Å². The summed E-state index contributed by atoms with van der Waals surface area (Å²) in [6, 6.07) is 15.0. The number of rotatable bonds is 12. The van der Waals surface area contributed by atoms with Gasteiger partial charge < -0.3 is 14.7 Å². The van der Waals surface area contributed by atoms with Gasteiger partial charge in [0.2, 0.25) is 5.91 Å². The molecule has 0 saturated heterocycles. The van der Waals surface area contributed by atoms with Crippen molar-refractivity contribution in [2.75, 3.05) is 18.6 Å². The predicted molar refractivity (Wildman–Crippen MR) is 179 cm³/mol. The van der Waals surface area contributed by atoms with Gasteiger partial charge in [-0.25, -0.2) is 0 Å². The molecule has 2 fully saturated rings. The summed E-state index contributed by atoms with van der Waals surface area (Å²) in [7, 11) is 1.73. The van der Waals surface area contributed by atoms with Crippen LogP contribution in [0.15, 0.2) is 60.5 Å². The maximum absolute atomic E-state index is 14.1. The van der Waals surface area contributed by atoms with E-state index >= 15 is 0 Å². The molecule has 0 heterocycles. The van der Waals surface area contributed by atoms with Crippen LogP contribution in [0.25, 0.3) is 4.91 Å². The number of aliphatic hydroxyl groups excluding tert-OH is 1. The number of allylic oxidation sites excluding steroid dienone is 1. The van der Waals surface area contributed by atoms with E-state index in [0.29, 0.717) is 30.6 Å². The summed E-state index contributed by atoms with van der Waals surface area (Å²) in [6.07, 6.45) is 9.43. The van der Waals surface area contributed by atoms with Crippen LogP contribution in [0.1, 0.15) is 101 Å². The highest BCUT2D eigenvalue weighted by atomic mass is 32.2. The molecule has 228 valence electrons. The Bertz CT molecular complexity index is 1220. The number of nitrogens with zero attached hydrogens (tertiary/aromatic N) is 1. The highest BCUT2D eigenvalue weighted by molar-refractivity contribution is 8.11. The largest absolute Gasteiger partial charge is 0.496 e. The van der Waals surface area contributed by atoms with E-state index in [-0.39, 0.29) is 17.9 Å². The van der Waals surface area contributed by atoms with Crippen molar-refractivity contribution in [3.05, 3.63) is 77.2 Å². The molecule has 2 aromatic carbocycles. The Kier molecular flexibility index (Phi) is 11.8. The number of methoxy groups -OCH3 is 1. The molecule has 0 aromatic heterocycles. The zero-order valence-corrected chi connectivity index (χ0v) is 27.1. The van der Waals surface area contributed by atoms with Gasteiger partial charge in [0, 0.05) is 23.1 Å². The summed E-state index contributed by atoms with van der Waals surface area (Å²) < 4.78 is 5.47. The molecule has 2 aliphatic carbocycles. The third-order valence-corrected chi connectivity index (χ3v) is 10.6. The first-order valence-corrected chi connectivity index (χ1v) is 16.8. The number of hydrogen-bond donors (Lipinski definition) is 1. The number of carbonyl (C=O) groups excluding carboxylic acids is 1. The lowest BCUT2D eigenvalue weighted by atomic mass is 9.78. The Morgan fingerprint density at radius 1 is 1.05 bits per heavy atom. The average Bonchev–Trinajstić information content (AvgIpc) is 3.00. The SMILES string of the molecule is C=C(SC(=C)C(C)CCC)c1cccc(N(CC2CCC(c3ccc(OC)c(C)c3)CC2)C(=O)C2CCC(O)CC2)c1. The van der Waals surface area contributed by atoms with Gasteiger partial charge in [0.05, 0.1) is 13.2 Å². The van der Waals surface area contributed by atoms with Gasteiger partial charge in [-0.05, 0) is 122 Å². The van der Waals surface area contributed by atoms with Crippen molar-refractivity contribution in [2.24, 2.45) is 17.8 Å². The standard InChI is InChI=1S/C37H51NO3S/c1-7-9-25(2)27(4)42-28(5)32-10-8-11-34(23-32)38(37(40)31-16-19-35(39)20-17-31)24-29-12-14-30(15-13-29)33-18-21-36(41-6)26(3)22-33/h8,10-11,18,21-23,25,29-31,35,39H,4-5,7,9,12-17,19-20,24H2,1-3,6H3. The number of aryl methyl sites for hydroxylation is 1. The van der Waals surface area contributed by atoms with Gasteiger partial charge in [0.1, 0.15) is 5.75 Å². The van der Waals surface area contributed by atoms with Crippen molar-refractivity contribution in [1.29, 1.82) is 0 Å².